The summed E-state index contributed by atoms with van der Waals surface area (Å²) in [5.74, 6) is 1.64. The van der Waals surface area contributed by atoms with Crippen LogP contribution in [0.1, 0.15) is 54.4 Å². The van der Waals surface area contributed by atoms with Crippen LogP contribution in [-0.4, -0.2) is 36.1 Å². The van der Waals surface area contributed by atoms with Gasteiger partial charge in [0.1, 0.15) is 0 Å². The van der Waals surface area contributed by atoms with E-state index in [4.69, 9.17) is 0 Å². The molecule has 0 spiro atoms. The van der Waals surface area contributed by atoms with Crippen molar-refractivity contribution in [1.82, 2.24) is 10.2 Å². The van der Waals surface area contributed by atoms with Gasteiger partial charge in [0.2, 0.25) is 0 Å². The lowest BCUT2D eigenvalue weighted by Gasteiger charge is -2.29. The molecule has 0 bridgehead atoms. The minimum atomic E-state index is 0.610. The molecule has 0 aromatic rings. The molecule has 17 heavy (non-hydrogen) atoms. The van der Waals surface area contributed by atoms with Gasteiger partial charge < -0.3 is 10.2 Å². The van der Waals surface area contributed by atoms with E-state index in [1.54, 1.807) is 0 Å². The third-order valence-electron chi connectivity index (χ3n) is 4.06. The average Bonchev–Trinajstić information content (AvgIpc) is 2.39. The maximum Gasteiger partial charge on any atom is 0.00848 e. The summed E-state index contributed by atoms with van der Waals surface area (Å²) in [5.41, 5.74) is 0. The lowest BCUT2D eigenvalue weighted by atomic mass is 9.89. The Morgan fingerprint density at radius 3 is 2.18 bits per heavy atom. The zero-order valence-electron chi connectivity index (χ0n) is 12.7. The summed E-state index contributed by atoms with van der Waals surface area (Å²) in [6, 6.07) is 2.01. The molecular formula is C15H32N2. The quantitative estimate of drug-likeness (QED) is 0.812. The topological polar surface area (TPSA) is 15.3 Å². The largest absolute Gasteiger partial charge is 0.312 e. The van der Waals surface area contributed by atoms with Gasteiger partial charge in [-0.05, 0) is 45.1 Å². The lowest BCUT2D eigenvalue weighted by Crippen LogP contribution is -2.36. The van der Waals surface area contributed by atoms with Crippen molar-refractivity contribution in [2.75, 3.05) is 13.1 Å². The molecule has 0 aliphatic carbocycles. The van der Waals surface area contributed by atoms with E-state index in [-0.39, 0.29) is 0 Å². The SMILES string of the molecule is CC(C)NC1CCN(C(C)C)C[C@@H](C(C)C)C1. The Kier molecular flexibility index (Phi) is 5.94. The summed E-state index contributed by atoms with van der Waals surface area (Å²) in [4.78, 5) is 2.66. The van der Waals surface area contributed by atoms with Crippen molar-refractivity contribution in [3.63, 3.8) is 0 Å². The number of nitrogens with one attached hydrogen (secondary N) is 1. The number of hydrogen-bond acceptors (Lipinski definition) is 2. The molecule has 2 atom stereocenters. The second-order valence-corrected chi connectivity index (χ2v) is 6.64. The first-order valence-electron chi connectivity index (χ1n) is 7.40. The third kappa shape index (κ3) is 4.97. The van der Waals surface area contributed by atoms with Gasteiger partial charge in [0.15, 0.2) is 0 Å². The first-order chi connectivity index (χ1) is 7.90. The van der Waals surface area contributed by atoms with Gasteiger partial charge in [0, 0.05) is 24.7 Å². The zero-order chi connectivity index (χ0) is 13.0. The van der Waals surface area contributed by atoms with E-state index in [1.165, 1.54) is 25.9 Å². The van der Waals surface area contributed by atoms with Crippen LogP contribution in [0.25, 0.3) is 0 Å². The van der Waals surface area contributed by atoms with E-state index in [0.29, 0.717) is 18.1 Å². The molecule has 1 saturated heterocycles. The Morgan fingerprint density at radius 1 is 1.06 bits per heavy atom. The molecule has 0 radical (unpaired) electrons. The van der Waals surface area contributed by atoms with Crippen LogP contribution in [0.15, 0.2) is 0 Å². The minimum absolute atomic E-state index is 0.610. The van der Waals surface area contributed by atoms with Gasteiger partial charge >= 0.3 is 0 Å². The van der Waals surface area contributed by atoms with E-state index in [1.807, 2.05) is 0 Å². The summed E-state index contributed by atoms with van der Waals surface area (Å²) in [6.45, 7) is 16.5. The fourth-order valence-corrected chi connectivity index (χ4v) is 2.85. The van der Waals surface area contributed by atoms with Crippen molar-refractivity contribution in [1.29, 1.82) is 0 Å². The highest BCUT2D eigenvalue weighted by molar-refractivity contribution is 4.83. The normalized spacial score (nSPS) is 28.1. The number of nitrogens with zero attached hydrogens (tertiary/aromatic N) is 1. The number of likely N-dealkylation sites (tertiary alicyclic amines) is 1. The van der Waals surface area contributed by atoms with E-state index < -0.39 is 0 Å². The van der Waals surface area contributed by atoms with Gasteiger partial charge in [-0.1, -0.05) is 27.7 Å². The molecule has 1 rings (SSSR count). The van der Waals surface area contributed by atoms with Crippen molar-refractivity contribution in [2.45, 2.75) is 72.5 Å². The first-order valence-corrected chi connectivity index (χ1v) is 7.40. The molecule has 1 aliphatic heterocycles. The van der Waals surface area contributed by atoms with Crippen LogP contribution in [0, 0.1) is 11.8 Å². The van der Waals surface area contributed by atoms with Gasteiger partial charge in [-0.25, -0.2) is 0 Å². The van der Waals surface area contributed by atoms with Crippen molar-refractivity contribution >= 4 is 0 Å². The summed E-state index contributed by atoms with van der Waals surface area (Å²) in [6.07, 6.45) is 2.65. The molecule has 0 saturated carbocycles. The number of rotatable bonds is 4. The third-order valence-corrected chi connectivity index (χ3v) is 4.06. The smallest absolute Gasteiger partial charge is 0.00848 e. The fourth-order valence-electron chi connectivity index (χ4n) is 2.85. The molecule has 1 aliphatic rings. The van der Waals surface area contributed by atoms with Gasteiger partial charge in [-0.15, -0.1) is 0 Å². The van der Waals surface area contributed by atoms with Crippen molar-refractivity contribution in [2.24, 2.45) is 11.8 Å². The summed E-state index contributed by atoms with van der Waals surface area (Å²) in [5, 5.41) is 3.74. The summed E-state index contributed by atoms with van der Waals surface area (Å²) in [7, 11) is 0. The molecule has 0 aromatic carbocycles. The van der Waals surface area contributed by atoms with Crippen LogP contribution in [0.2, 0.25) is 0 Å². The maximum absolute atomic E-state index is 3.74. The Balaban J connectivity index is 2.63. The average molecular weight is 240 g/mol. The van der Waals surface area contributed by atoms with E-state index in [0.717, 1.165) is 11.8 Å². The molecule has 1 N–H and O–H groups in total. The van der Waals surface area contributed by atoms with Crippen LogP contribution < -0.4 is 5.32 Å². The second-order valence-electron chi connectivity index (χ2n) is 6.64. The minimum Gasteiger partial charge on any atom is -0.312 e. The van der Waals surface area contributed by atoms with Crippen LogP contribution in [0.3, 0.4) is 0 Å². The van der Waals surface area contributed by atoms with Gasteiger partial charge in [0.25, 0.3) is 0 Å². The van der Waals surface area contributed by atoms with Crippen LogP contribution in [-0.2, 0) is 0 Å². The van der Waals surface area contributed by atoms with Gasteiger partial charge in [0.05, 0.1) is 0 Å². The predicted octanol–water partition coefficient (Wildman–Crippen LogP) is 3.13. The molecule has 102 valence electrons. The van der Waals surface area contributed by atoms with Crippen molar-refractivity contribution in [3.8, 4) is 0 Å². The molecular weight excluding hydrogens is 208 g/mol. The van der Waals surface area contributed by atoms with Gasteiger partial charge in [-0.2, -0.15) is 0 Å². The zero-order valence-corrected chi connectivity index (χ0v) is 12.7. The van der Waals surface area contributed by atoms with Crippen LogP contribution in [0.4, 0.5) is 0 Å². The molecule has 0 amide bonds. The first kappa shape index (κ1) is 15.0. The highest BCUT2D eigenvalue weighted by Gasteiger charge is 2.27. The highest BCUT2D eigenvalue weighted by atomic mass is 15.2. The van der Waals surface area contributed by atoms with E-state index in [9.17, 15) is 0 Å². The van der Waals surface area contributed by atoms with Crippen LogP contribution >= 0.6 is 0 Å². The Bertz CT molecular complexity index is 211. The maximum atomic E-state index is 3.74. The molecule has 0 aromatic heterocycles. The summed E-state index contributed by atoms with van der Waals surface area (Å²) >= 11 is 0. The van der Waals surface area contributed by atoms with Crippen molar-refractivity contribution < 1.29 is 0 Å². The molecule has 1 heterocycles. The van der Waals surface area contributed by atoms with E-state index >= 15 is 0 Å². The highest BCUT2D eigenvalue weighted by Crippen LogP contribution is 2.25. The van der Waals surface area contributed by atoms with Crippen LogP contribution in [0.5, 0.6) is 0 Å². The Labute approximate surface area is 108 Å². The number of hydrogen-bond donors (Lipinski definition) is 1. The summed E-state index contributed by atoms with van der Waals surface area (Å²) < 4.78 is 0. The van der Waals surface area contributed by atoms with E-state index in [2.05, 4.69) is 51.8 Å². The Morgan fingerprint density at radius 2 is 1.71 bits per heavy atom. The van der Waals surface area contributed by atoms with Crippen molar-refractivity contribution in [3.05, 3.63) is 0 Å². The fraction of sp³-hybridized carbons (Fsp3) is 1.00. The second kappa shape index (κ2) is 6.75. The Hall–Kier alpha value is -0.0800. The molecule has 1 unspecified atom stereocenters. The standard InChI is InChI=1S/C15H32N2/c1-11(2)14-9-15(16-12(3)4)7-8-17(10-14)13(5)6/h11-16H,7-10H2,1-6H3/t14-,15?/m0/s1. The predicted molar refractivity (Wildman–Crippen MR) is 76.3 cm³/mol. The monoisotopic (exact) mass is 240 g/mol. The molecule has 2 heteroatoms. The molecule has 1 fully saturated rings. The molecule has 2 nitrogen and oxygen atoms in total. The van der Waals surface area contributed by atoms with Gasteiger partial charge in [-0.3, -0.25) is 0 Å². The lowest BCUT2D eigenvalue weighted by molar-refractivity contribution is 0.181.